The number of aromatic nitrogens is 2. The van der Waals surface area contributed by atoms with Crippen LogP contribution in [0.4, 0.5) is 11.8 Å². The van der Waals surface area contributed by atoms with Crippen LogP contribution in [-0.4, -0.2) is 22.6 Å². The Labute approximate surface area is 111 Å². The predicted octanol–water partition coefficient (Wildman–Crippen LogP) is 3.45. The van der Waals surface area contributed by atoms with E-state index in [1.807, 2.05) is 19.9 Å². The quantitative estimate of drug-likeness (QED) is 0.778. The van der Waals surface area contributed by atoms with Crippen LogP contribution in [0.25, 0.3) is 0 Å². The summed E-state index contributed by atoms with van der Waals surface area (Å²) in [5.41, 5.74) is 0.986. The van der Waals surface area contributed by atoms with E-state index in [1.165, 1.54) is 12.8 Å². The van der Waals surface area contributed by atoms with E-state index in [1.54, 1.807) is 0 Å². The van der Waals surface area contributed by atoms with Crippen molar-refractivity contribution in [1.82, 2.24) is 9.97 Å². The standard InChI is InChI=1S/C14H26N4/c1-6-12(7-2)11(5)17-13-9-10(4)16-14(18-13)15-8-3/h9,11-12H,6-8H2,1-5H3,(H2,15,16,17,18). The summed E-state index contributed by atoms with van der Waals surface area (Å²) in [6.45, 7) is 11.6. The number of nitrogens with zero attached hydrogens (tertiary/aromatic N) is 2. The Balaban J connectivity index is 2.77. The van der Waals surface area contributed by atoms with E-state index in [2.05, 4.69) is 41.4 Å². The summed E-state index contributed by atoms with van der Waals surface area (Å²) in [4.78, 5) is 8.83. The van der Waals surface area contributed by atoms with Crippen molar-refractivity contribution in [1.29, 1.82) is 0 Å². The molecule has 1 aromatic heterocycles. The fourth-order valence-electron chi connectivity index (χ4n) is 2.23. The summed E-state index contributed by atoms with van der Waals surface area (Å²) < 4.78 is 0. The second-order valence-electron chi connectivity index (χ2n) is 4.76. The zero-order valence-corrected chi connectivity index (χ0v) is 12.2. The van der Waals surface area contributed by atoms with Crippen LogP contribution in [0.2, 0.25) is 0 Å². The fraction of sp³-hybridized carbons (Fsp3) is 0.714. The molecular formula is C14H26N4. The van der Waals surface area contributed by atoms with Crippen molar-refractivity contribution >= 4 is 11.8 Å². The van der Waals surface area contributed by atoms with Gasteiger partial charge in [0.05, 0.1) is 0 Å². The first-order valence-electron chi connectivity index (χ1n) is 6.96. The number of aryl methyl sites for hydroxylation is 1. The molecule has 0 spiro atoms. The summed E-state index contributed by atoms with van der Waals surface area (Å²) in [5, 5.41) is 6.65. The molecule has 0 saturated heterocycles. The van der Waals surface area contributed by atoms with Crippen molar-refractivity contribution in [2.24, 2.45) is 5.92 Å². The fourth-order valence-corrected chi connectivity index (χ4v) is 2.23. The van der Waals surface area contributed by atoms with Gasteiger partial charge in [-0.25, -0.2) is 4.98 Å². The number of rotatable bonds is 7. The number of hydrogen-bond donors (Lipinski definition) is 2. The maximum absolute atomic E-state index is 4.48. The van der Waals surface area contributed by atoms with Crippen molar-refractivity contribution in [2.75, 3.05) is 17.2 Å². The van der Waals surface area contributed by atoms with Crippen LogP contribution < -0.4 is 10.6 Å². The summed E-state index contributed by atoms with van der Waals surface area (Å²) in [6, 6.07) is 2.43. The van der Waals surface area contributed by atoms with Gasteiger partial charge in [-0.2, -0.15) is 4.98 Å². The van der Waals surface area contributed by atoms with Crippen LogP contribution in [0, 0.1) is 12.8 Å². The smallest absolute Gasteiger partial charge is 0.224 e. The van der Waals surface area contributed by atoms with E-state index in [9.17, 15) is 0 Å². The molecule has 0 fully saturated rings. The molecule has 1 unspecified atom stereocenters. The zero-order valence-electron chi connectivity index (χ0n) is 12.2. The van der Waals surface area contributed by atoms with Crippen LogP contribution in [-0.2, 0) is 0 Å². The van der Waals surface area contributed by atoms with E-state index in [0.717, 1.165) is 18.1 Å². The second-order valence-corrected chi connectivity index (χ2v) is 4.76. The molecule has 18 heavy (non-hydrogen) atoms. The monoisotopic (exact) mass is 250 g/mol. The molecule has 0 saturated carbocycles. The highest BCUT2D eigenvalue weighted by atomic mass is 15.1. The first-order chi connectivity index (χ1) is 8.60. The minimum atomic E-state index is 0.434. The molecule has 1 heterocycles. The maximum Gasteiger partial charge on any atom is 0.224 e. The molecule has 1 rings (SSSR count). The van der Waals surface area contributed by atoms with Crippen molar-refractivity contribution < 1.29 is 0 Å². The van der Waals surface area contributed by atoms with E-state index < -0.39 is 0 Å². The van der Waals surface area contributed by atoms with Gasteiger partial charge in [0.15, 0.2) is 0 Å². The molecule has 0 aliphatic rings. The zero-order chi connectivity index (χ0) is 13.5. The van der Waals surface area contributed by atoms with E-state index in [4.69, 9.17) is 0 Å². The van der Waals surface area contributed by atoms with Crippen LogP contribution in [0.1, 0.15) is 46.2 Å². The van der Waals surface area contributed by atoms with Gasteiger partial charge < -0.3 is 10.6 Å². The Morgan fingerprint density at radius 1 is 1.17 bits per heavy atom. The third-order valence-corrected chi connectivity index (χ3v) is 3.32. The first kappa shape index (κ1) is 14.7. The van der Waals surface area contributed by atoms with E-state index in [0.29, 0.717) is 17.9 Å². The summed E-state index contributed by atoms with van der Waals surface area (Å²) in [5.74, 6) is 2.30. The lowest BCUT2D eigenvalue weighted by atomic mass is 9.95. The normalized spacial score (nSPS) is 12.6. The lowest BCUT2D eigenvalue weighted by Crippen LogP contribution is -2.25. The minimum absolute atomic E-state index is 0.434. The molecular weight excluding hydrogens is 224 g/mol. The number of nitrogens with one attached hydrogen (secondary N) is 2. The molecule has 1 atom stereocenters. The van der Waals surface area contributed by atoms with Gasteiger partial charge in [0.2, 0.25) is 5.95 Å². The van der Waals surface area contributed by atoms with Crippen LogP contribution in [0.15, 0.2) is 6.07 Å². The Kier molecular flexibility index (Phi) is 5.89. The van der Waals surface area contributed by atoms with Gasteiger partial charge in [-0.15, -0.1) is 0 Å². The van der Waals surface area contributed by atoms with Crippen molar-refractivity contribution in [3.63, 3.8) is 0 Å². The Morgan fingerprint density at radius 2 is 1.83 bits per heavy atom. The number of hydrogen-bond acceptors (Lipinski definition) is 4. The molecule has 1 aromatic rings. The van der Waals surface area contributed by atoms with Gasteiger partial charge in [0.1, 0.15) is 5.82 Å². The third-order valence-electron chi connectivity index (χ3n) is 3.32. The average molecular weight is 250 g/mol. The lowest BCUT2D eigenvalue weighted by Gasteiger charge is -2.23. The van der Waals surface area contributed by atoms with Gasteiger partial charge in [-0.3, -0.25) is 0 Å². The minimum Gasteiger partial charge on any atom is -0.367 e. The van der Waals surface area contributed by atoms with Crippen LogP contribution >= 0.6 is 0 Å². The summed E-state index contributed by atoms with van der Waals surface area (Å²) in [6.07, 6.45) is 2.38. The molecule has 102 valence electrons. The molecule has 4 heteroatoms. The highest BCUT2D eigenvalue weighted by molar-refractivity contribution is 5.42. The van der Waals surface area contributed by atoms with Crippen molar-refractivity contribution in [2.45, 2.75) is 53.5 Å². The van der Waals surface area contributed by atoms with Gasteiger partial charge in [-0.1, -0.05) is 26.7 Å². The van der Waals surface area contributed by atoms with Gasteiger partial charge in [-0.05, 0) is 26.7 Å². The van der Waals surface area contributed by atoms with Crippen molar-refractivity contribution in [3.05, 3.63) is 11.8 Å². The molecule has 0 bridgehead atoms. The largest absolute Gasteiger partial charge is 0.367 e. The Morgan fingerprint density at radius 3 is 2.39 bits per heavy atom. The van der Waals surface area contributed by atoms with E-state index >= 15 is 0 Å². The molecule has 2 N–H and O–H groups in total. The molecule has 0 aliphatic carbocycles. The molecule has 0 amide bonds. The highest BCUT2D eigenvalue weighted by Gasteiger charge is 2.14. The molecule has 0 aliphatic heterocycles. The number of anilines is 2. The highest BCUT2D eigenvalue weighted by Crippen LogP contribution is 2.18. The lowest BCUT2D eigenvalue weighted by molar-refractivity contribution is 0.437. The van der Waals surface area contributed by atoms with Crippen LogP contribution in [0.5, 0.6) is 0 Å². The summed E-state index contributed by atoms with van der Waals surface area (Å²) >= 11 is 0. The van der Waals surface area contributed by atoms with Gasteiger partial charge >= 0.3 is 0 Å². The Bertz CT molecular complexity index is 361. The first-order valence-corrected chi connectivity index (χ1v) is 6.96. The maximum atomic E-state index is 4.48. The molecule has 4 nitrogen and oxygen atoms in total. The second kappa shape index (κ2) is 7.19. The summed E-state index contributed by atoms with van der Waals surface area (Å²) in [7, 11) is 0. The Hall–Kier alpha value is -1.32. The third kappa shape index (κ3) is 4.17. The average Bonchev–Trinajstić information content (AvgIpc) is 2.30. The van der Waals surface area contributed by atoms with Crippen LogP contribution in [0.3, 0.4) is 0 Å². The van der Waals surface area contributed by atoms with Gasteiger partial charge in [0.25, 0.3) is 0 Å². The van der Waals surface area contributed by atoms with E-state index in [-0.39, 0.29) is 0 Å². The SMILES string of the molecule is CCNc1nc(C)cc(NC(C)C(CC)CC)n1. The molecule has 0 radical (unpaired) electrons. The van der Waals surface area contributed by atoms with Crippen molar-refractivity contribution in [3.8, 4) is 0 Å². The van der Waals surface area contributed by atoms with Gasteiger partial charge in [0, 0.05) is 24.3 Å². The predicted molar refractivity (Wildman–Crippen MR) is 78.1 cm³/mol. The molecule has 0 aromatic carbocycles. The topological polar surface area (TPSA) is 49.8 Å².